The number of benzene rings is 1. The maximum absolute atomic E-state index is 11.7. The number of hydrogen-bond acceptors (Lipinski definition) is 3. The van der Waals surface area contributed by atoms with Crippen molar-refractivity contribution < 1.29 is 4.79 Å². The molecule has 2 N–H and O–H groups in total. The van der Waals surface area contributed by atoms with Gasteiger partial charge in [-0.15, -0.1) is 0 Å². The van der Waals surface area contributed by atoms with Crippen LogP contribution in [0.5, 0.6) is 0 Å². The molecule has 1 aromatic rings. The van der Waals surface area contributed by atoms with Gasteiger partial charge in [-0.2, -0.15) is 11.8 Å². The van der Waals surface area contributed by atoms with E-state index < -0.39 is 0 Å². The molecule has 0 aromatic heterocycles. The van der Waals surface area contributed by atoms with Gasteiger partial charge in [0.05, 0.1) is 0 Å². The number of aryl methyl sites for hydroxylation is 1. The molecular formula is C18H30N4OS. The molecule has 0 spiro atoms. The van der Waals surface area contributed by atoms with Crippen LogP contribution in [0.15, 0.2) is 29.3 Å². The monoisotopic (exact) mass is 350 g/mol. The van der Waals surface area contributed by atoms with E-state index in [1.165, 1.54) is 11.1 Å². The highest BCUT2D eigenvalue weighted by Gasteiger charge is 2.08. The molecular weight excluding hydrogens is 320 g/mol. The SMILES string of the molecule is CSCCNC(=NCC(=O)N(C)C)NCC(C)c1ccc(C)cc1. The van der Waals surface area contributed by atoms with Gasteiger partial charge in [-0.05, 0) is 24.7 Å². The second-order valence-electron chi connectivity index (χ2n) is 6.07. The largest absolute Gasteiger partial charge is 0.356 e. The van der Waals surface area contributed by atoms with Gasteiger partial charge in [0.2, 0.25) is 5.91 Å². The molecule has 134 valence electrons. The van der Waals surface area contributed by atoms with Crippen molar-refractivity contribution in [2.45, 2.75) is 19.8 Å². The summed E-state index contributed by atoms with van der Waals surface area (Å²) in [5.74, 6) is 2.05. The van der Waals surface area contributed by atoms with E-state index in [2.05, 4.69) is 60.0 Å². The zero-order chi connectivity index (χ0) is 17.9. The van der Waals surface area contributed by atoms with Crippen molar-refractivity contribution in [2.24, 2.45) is 4.99 Å². The van der Waals surface area contributed by atoms with Gasteiger partial charge in [-0.3, -0.25) is 4.79 Å². The highest BCUT2D eigenvalue weighted by molar-refractivity contribution is 7.98. The number of guanidine groups is 1. The van der Waals surface area contributed by atoms with Crippen molar-refractivity contribution >= 4 is 23.6 Å². The lowest BCUT2D eigenvalue weighted by molar-refractivity contribution is -0.127. The molecule has 1 rings (SSSR count). The summed E-state index contributed by atoms with van der Waals surface area (Å²) in [6, 6.07) is 8.59. The maximum Gasteiger partial charge on any atom is 0.243 e. The van der Waals surface area contributed by atoms with Crippen LogP contribution < -0.4 is 10.6 Å². The first-order chi connectivity index (χ1) is 11.4. The minimum atomic E-state index is -0.00690. The van der Waals surface area contributed by atoms with Crippen LogP contribution >= 0.6 is 11.8 Å². The van der Waals surface area contributed by atoms with E-state index in [-0.39, 0.29) is 12.5 Å². The standard InChI is InChI=1S/C18H30N4OS/c1-14-6-8-16(9-7-14)15(2)12-20-18(19-10-11-24-5)21-13-17(23)22(3)4/h6-9,15H,10-13H2,1-5H3,(H2,19,20,21). The van der Waals surface area contributed by atoms with Crippen molar-refractivity contribution in [1.29, 1.82) is 0 Å². The molecule has 0 heterocycles. The van der Waals surface area contributed by atoms with Gasteiger partial charge in [0.25, 0.3) is 0 Å². The number of likely N-dealkylation sites (N-methyl/N-ethyl adjacent to an activating group) is 1. The van der Waals surface area contributed by atoms with Crippen molar-refractivity contribution in [3.05, 3.63) is 35.4 Å². The zero-order valence-electron chi connectivity index (χ0n) is 15.4. The van der Waals surface area contributed by atoms with Gasteiger partial charge in [-0.1, -0.05) is 36.8 Å². The second-order valence-corrected chi connectivity index (χ2v) is 7.05. The lowest BCUT2D eigenvalue weighted by Crippen LogP contribution is -2.41. The highest BCUT2D eigenvalue weighted by Crippen LogP contribution is 2.14. The Morgan fingerprint density at radius 1 is 1.25 bits per heavy atom. The first kappa shape index (κ1) is 20.4. The number of nitrogens with zero attached hydrogens (tertiary/aromatic N) is 2. The van der Waals surface area contributed by atoms with Crippen molar-refractivity contribution in [2.75, 3.05) is 45.7 Å². The van der Waals surface area contributed by atoms with Crippen LogP contribution in [-0.2, 0) is 4.79 Å². The van der Waals surface area contributed by atoms with Gasteiger partial charge >= 0.3 is 0 Å². The lowest BCUT2D eigenvalue weighted by Gasteiger charge is -2.17. The number of nitrogens with one attached hydrogen (secondary N) is 2. The summed E-state index contributed by atoms with van der Waals surface area (Å²) in [4.78, 5) is 17.7. The molecule has 0 saturated carbocycles. The van der Waals surface area contributed by atoms with Crippen LogP contribution in [0.25, 0.3) is 0 Å². The van der Waals surface area contributed by atoms with Gasteiger partial charge in [0.15, 0.2) is 5.96 Å². The summed E-state index contributed by atoms with van der Waals surface area (Å²) >= 11 is 1.78. The number of rotatable bonds is 8. The predicted molar refractivity (Wildman–Crippen MR) is 105 cm³/mol. The van der Waals surface area contributed by atoms with E-state index in [9.17, 15) is 4.79 Å². The molecule has 1 atom stereocenters. The summed E-state index contributed by atoms with van der Waals surface area (Å²) in [5, 5.41) is 6.62. The summed E-state index contributed by atoms with van der Waals surface area (Å²) in [6.45, 7) is 6.02. The van der Waals surface area contributed by atoms with Crippen molar-refractivity contribution in [3.63, 3.8) is 0 Å². The molecule has 5 nitrogen and oxygen atoms in total. The summed E-state index contributed by atoms with van der Waals surface area (Å²) in [6.07, 6.45) is 2.07. The molecule has 0 radical (unpaired) electrons. The van der Waals surface area contributed by atoms with Gasteiger partial charge in [0.1, 0.15) is 6.54 Å². The van der Waals surface area contributed by atoms with Crippen LogP contribution in [0.1, 0.15) is 24.0 Å². The fourth-order valence-corrected chi connectivity index (χ4v) is 2.30. The summed E-state index contributed by atoms with van der Waals surface area (Å²) in [7, 11) is 3.48. The number of carbonyl (C=O) groups excluding carboxylic acids is 1. The molecule has 0 fully saturated rings. The lowest BCUT2D eigenvalue weighted by atomic mass is 10.0. The Morgan fingerprint density at radius 2 is 1.92 bits per heavy atom. The molecule has 0 saturated heterocycles. The zero-order valence-corrected chi connectivity index (χ0v) is 16.2. The fraction of sp³-hybridized carbons (Fsp3) is 0.556. The van der Waals surface area contributed by atoms with E-state index >= 15 is 0 Å². The van der Waals surface area contributed by atoms with Gasteiger partial charge in [-0.25, -0.2) is 4.99 Å². The number of thioether (sulfide) groups is 1. The Balaban J connectivity index is 2.60. The third-order valence-electron chi connectivity index (χ3n) is 3.69. The van der Waals surface area contributed by atoms with Crippen LogP contribution in [0.3, 0.4) is 0 Å². The highest BCUT2D eigenvalue weighted by atomic mass is 32.2. The molecule has 0 aliphatic carbocycles. The Bertz CT molecular complexity index is 528. The van der Waals surface area contributed by atoms with Crippen LogP contribution in [0, 0.1) is 6.92 Å². The maximum atomic E-state index is 11.7. The predicted octanol–water partition coefficient (Wildman–Crippen LogP) is 2.08. The average molecular weight is 351 g/mol. The number of carbonyl (C=O) groups is 1. The minimum Gasteiger partial charge on any atom is -0.356 e. The molecule has 1 amide bonds. The molecule has 1 aromatic carbocycles. The first-order valence-corrected chi connectivity index (χ1v) is 9.61. The third kappa shape index (κ3) is 7.73. The minimum absolute atomic E-state index is 0.00690. The first-order valence-electron chi connectivity index (χ1n) is 8.22. The average Bonchev–Trinajstić information content (AvgIpc) is 2.56. The summed E-state index contributed by atoms with van der Waals surface area (Å²) < 4.78 is 0. The van der Waals surface area contributed by atoms with Crippen LogP contribution in [0.4, 0.5) is 0 Å². The summed E-state index contributed by atoms with van der Waals surface area (Å²) in [5.41, 5.74) is 2.56. The van der Waals surface area contributed by atoms with E-state index in [1.54, 1.807) is 30.8 Å². The topological polar surface area (TPSA) is 56.7 Å². The van der Waals surface area contributed by atoms with E-state index in [1.807, 2.05) is 0 Å². The number of amides is 1. The Morgan fingerprint density at radius 3 is 2.50 bits per heavy atom. The third-order valence-corrected chi connectivity index (χ3v) is 4.30. The van der Waals surface area contributed by atoms with Crippen molar-refractivity contribution in [3.8, 4) is 0 Å². The molecule has 0 aliphatic heterocycles. The molecule has 0 bridgehead atoms. The second kappa shape index (κ2) is 11.0. The molecule has 0 aliphatic rings. The number of hydrogen-bond donors (Lipinski definition) is 2. The Kier molecular flexibility index (Phi) is 9.30. The quantitative estimate of drug-likeness (QED) is 0.428. The van der Waals surface area contributed by atoms with E-state index in [0.29, 0.717) is 11.9 Å². The van der Waals surface area contributed by atoms with Crippen LogP contribution in [-0.4, -0.2) is 62.5 Å². The van der Waals surface area contributed by atoms with Gasteiger partial charge in [0, 0.05) is 32.9 Å². The molecule has 6 heteroatoms. The van der Waals surface area contributed by atoms with Crippen molar-refractivity contribution in [1.82, 2.24) is 15.5 Å². The number of aliphatic imine (C=N–C) groups is 1. The fourth-order valence-electron chi connectivity index (χ4n) is 2.00. The molecule has 24 heavy (non-hydrogen) atoms. The van der Waals surface area contributed by atoms with Gasteiger partial charge < -0.3 is 15.5 Å². The van der Waals surface area contributed by atoms with Crippen LogP contribution in [0.2, 0.25) is 0 Å². The Labute approximate surface area is 150 Å². The molecule has 1 unspecified atom stereocenters. The van der Waals surface area contributed by atoms with E-state index in [4.69, 9.17) is 0 Å². The smallest absolute Gasteiger partial charge is 0.243 e. The Hall–Kier alpha value is -1.69. The van der Waals surface area contributed by atoms with E-state index in [0.717, 1.165) is 18.8 Å². The normalized spacial score (nSPS) is 12.6.